The van der Waals surface area contributed by atoms with Crippen molar-refractivity contribution in [2.45, 2.75) is 13.8 Å². The molecular formula is C16H18N2O3S. The number of anilines is 2. The summed E-state index contributed by atoms with van der Waals surface area (Å²) in [6, 6.07) is 12.0. The molecule has 2 N–H and O–H groups in total. The van der Waals surface area contributed by atoms with E-state index < -0.39 is 10.0 Å². The first-order chi connectivity index (χ1) is 10.2. The largest absolute Gasteiger partial charge is 0.322 e. The van der Waals surface area contributed by atoms with Gasteiger partial charge in [-0.3, -0.25) is 9.52 Å². The fourth-order valence-corrected chi connectivity index (χ4v) is 2.52. The molecule has 1 amide bonds. The summed E-state index contributed by atoms with van der Waals surface area (Å²) in [6.45, 7) is 3.98. The summed E-state index contributed by atoms with van der Waals surface area (Å²) in [5, 5.41) is 2.80. The van der Waals surface area contributed by atoms with Gasteiger partial charge in [0.25, 0.3) is 5.91 Å². The maximum atomic E-state index is 12.2. The molecule has 0 spiro atoms. The smallest absolute Gasteiger partial charge is 0.255 e. The Morgan fingerprint density at radius 2 is 1.68 bits per heavy atom. The van der Waals surface area contributed by atoms with E-state index in [1.165, 1.54) is 6.07 Å². The lowest BCUT2D eigenvalue weighted by molar-refractivity contribution is 0.102. The van der Waals surface area contributed by atoms with Gasteiger partial charge in [0.05, 0.1) is 6.26 Å². The highest BCUT2D eigenvalue weighted by Crippen LogP contribution is 2.17. The Bertz CT molecular complexity index is 814. The monoisotopic (exact) mass is 318 g/mol. The van der Waals surface area contributed by atoms with Crippen LogP contribution in [0.25, 0.3) is 0 Å². The molecule has 0 unspecified atom stereocenters. The van der Waals surface area contributed by atoms with Gasteiger partial charge in [-0.25, -0.2) is 8.42 Å². The molecule has 116 valence electrons. The minimum absolute atomic E-state index is 0.291. The predicted octanol–water partition coefficient (Wildman–Crippen LogP) is 2.93. The molecule has 0 saturated heterocycles. The fourth-order valence-electron chi connectivity index (χ4n) is 1.96. The number of hydrogen-bond acceptors (Lipinski definition) is 3. The number of benzene rings is 2. The Kier molecular flexibility index (Phi) is 4.51. The molecule has 0 heterocycles. The van der Waals surface area contributed by atoms with Gasteiger partial charge >= 0.3 is 0 Å². The van der Waals surface area contributed by atoms with E-state index in [1.54, 1.807) is 18.2 Å². The minimum atomic E-state index is -3.37. The van der Waals surface area contributed by atoms with Crippen molar-refractivity contribution in [3.05, 3.63) is 59.2 Å². The lowest BCUT2D eigenvalue weighted by Gasteiger charge is -2.09. The van der Waals surface area contributed by atoms with Gasteiger partial charge in [0.1, 0.15) is 0 Å². The van der Waals surface area contributed by atoms with E-state index in [2.05, 4.69) is 10.0 Å². The molecule has 22 heavy (non-hydrogen) atoms. The average Bonchev–Trinajstić information content (AvgIpc) is 2.41. The zero-order valence-corrected chi connectivity index (χ0v) is 13.5. The van der Waals surface area contributed by atoms with Crippen LogP contribution in [-0.4, -0.2) is 20.6 Å². The first-order valence-electron chi connectivity index (χ1n) is 6.71. The van der Waals surface area contributed by atoms with Gasteiger partial charge in [-0.15, -0.1) is 0 Å². The van der Waals surface area contributed by atoms with E-state index in [0.29, 0.717) is 16.9 Å². The number of nitrogens with one attached hydrogen (secondary N) is 2. The summed E-state index contributed by atoms with van der Waals surface area (Å²) in [7, 11) is -3.37. The lowest BCUT2D eigenvalue weighted by Crippen LogP contribution is -2.14. The van der Waals surface area contributed by atoms with Crippen molar-refractivity contribution in [2.75, 3.05) is 16.3 Å². The molecule has 5 nitrogen and oxygen atoms in total. The van der Waals surface area contributed by atoms with Crippen LogP contribution in [0, 0.1) is 13.8 Å². The zero-order chi connectivity index (χ0) is 16.3. The Morgan fingerprint density at radius 3 is 2.32 bits per heavy atom. The van der Waals surface area contributed by atoms with Gasteiger partial charge in [0, 0.05) is 16.9 Å². The molecule has 0 saturated carbocycles. The van der Waals surface area contributed by atoms with Crippen molar-refractivity contribution in [3.8, 4) is 0 Å². The van der Waals surface area contributed by atoms with E-state index >= 15 is 0 Å². The number of sulfonamides is 1. The molecule has 0 aliphatic rings. The second-order valence-corrected chi connectivity index (χ2v) is 6.96. The number of amides is 1. The topological polar surface area (TPSA) is 75.3 Å². The molecule has 2 aromatic rings. The van der Waals surface area contributed by atoms with Crippen molar-refractivity contribution in [1.29, 1.82) is 0 Å². The number of hydrogen-bond donors (Lipinski definition) is 2. The van der Waals surface area contributed by atoms with E-state index in [0.717, 1.165) is 17.4 Å². The number of carbonyl (C=O) groups is 1. The van der Waals surface area contributed by atoms with Crippen molar-refractivity contribution >= 4 is 27.3 Å². The van der Waals surface area contributed by atoms with Crippen LogP contribution in [0.4, 0.5) is 11.4 Å². The Hall–Kier alpha value is -2.34. The van der Waals surface area contributed by atoms with Gasteiger partial charge in [0.2, 0.25) is 10.0 Å². The number of carbonyl (C=O) groups excluding carboxylic acids is 1. The van der Waals surface area contributed by atoms with Crippen LogP contribution in [0.3, 0.4) is 0 Å². The van der Waals surface area contributed by atoms with E-state index in [4.69, 9.17) is 0 Å². The summed E-state index contributed by atoms with van der Waals surface area (Å²) in [6.07, 6.45) is 1.06. The predicted molar refractivity (Wildman–Crippen MR) is 88.8 cm³/mol. The van der Waals surface area contributed by atoms with Crippen LogP contribution in [0.1, 0.15) is 21.5 Å². The van der Waals surface area contributed by atoms with Crippen molar-refractivity contribution in [1.82, 2.24) is 0 Å². The van der Waals surface area contributed by atoms with E-state index in [1.807, 2.05) is 32.0 Å². The summed E-state index contributed by atoms with van der Waals surface area (Å²) >= 11 is 0. The highest BCUT2D eigenvalue weighted by molar-refractivity contribution is 7.92. The standard InChI is InChI=1S/C16H18N2O3S/c1-11-7-8-14(9-12(11)2)17-16(19)13-5-4-6-15(10-13)18-22(3,20)21/h4-10,18H,1-3H3,(H,17,19). The first-order valence-corrected chi connectivity index (χ1v) is 8.60. The molecule has 0 radical (unpaired) electrons. The molecular weight excluding hydrogens is 300 g/mol. The fraction of sp³-hybridized carbons (Fsp3) is 0.188. The third-order valence-corrected chi connectivity index (χ3v) is 3.80. The highest BCUT2D eigenvalue weighted by atomic mass is 32.2. The summed E-state index contributed by atoms with van der Waals surface area (Å²) in [5.41, 5.74) is 3.68. The van der Waals surface area contributed by atoms with Crippen LogP contribution in [0.2, 0.25) is 0 Å². The van der Waals surface area contributed by atoms with Crippen molar-refractivity contribution in [2.24, 2.45) is 0 Å². The van der Waals surface area contributed by atoms with Crippen molar-refractivity contribution in [3.63, 3.8) is 0 Å². The maximum Gasteiger partial charge on any atom is 0.255 e. The molecule has 0 fully saturated rings. The summed E-state index contributed by atoms with van der Waals surface area (Å²) < 4.78 is 24.8. The number of aryl methyl sites for hydroxylation is 2. The first kappa shape index (κ1) is 16.0. The summed E-state index contributed by atoms with van der Waals surface area (Å²) in [5.74, 6) is -0.291. The van der Waals surface area contributed by atoms with Gasteiger partial charge in [-0.05, 0) is 55.3 Å². The average molecular weight is 318 g/mol. The molecule has 0 atom stereocenters. The quantitative estimate of drug-likeness (QED) is 0.910. The summed E-state index contributed by atoms with van der Waals surface area (Å²) in [4.78, 5) is 12.2. The SMILES string of the molecule is Cc1ccc(NC(=O)c2cccc(NS(C)(=O)=O)c2)cc1C. The molecule has 0 aromatic heterocycles. The molecule has 2 aromatic carbocycles. The Balaban J connectivity index is 2.19. The molecule has 2 rings (SSSR count). The third kappa shape index (κ3) is 4.33. The maximum absolute atomic E-state index is 12.2. The lowest BCUT2D eigenvalue weighted by atomic mass is 10.1. The third-order valence-electron chi connectivity index (χ3n) is 3.19. The highest BCUT2D eigenvalue weighted by Gasteiger charge is 2.09. The normalized spacial score (nSPS) is 11.0. The zero-order valence-electron chi connectivity index (χ0n) is 12.7. The van der Waals surface area contributed by atoms with Gasteiger partial charge in [-0.2, -0.15) is 0 Å². The molecule has 6 heteroatoms. The molecule has 0 aliphatic carbocycles. The van der Waals surface area contributed by atoms with E-state index in [-0.39, 0.29) is 5.91 Å². The molecule has 0 aliphatic heterocycles. The number of rotatable bonds is 4. The van der Waals surface area contributed by atoms with Crippen LogP contribution in [0.5, 0.6) is 0 Å². The van der Waals surface area contributed by atoms with Gasteiger partial charge in [-0.1, -0.05) is 12.1 Å². The van der Waals surface area contributed by atoms with Crippen molar-refractivity contribution < 1.29 is 13.2 Å². The van der Waals surface area contributed by atoms with Crippen LogP contribution >= 0.6 is 0 Å². The van der Waals surface area contributed by atoms with Crippen LogP contribution in [0.15, 0.2) is 42.5 Å². The Labute approximate surface area is 130 Å². The van der Waals surface area contributed by atoms with E-state index in [9.17, 15) is 13.2 Å². The second kappa shape index (κ2) is 6.19. The molecule has 0 bridgehead atoms. The minimum Gasteiger partial charge on any atom is -0.322 e. The second-order valence-electron chi connectivity index (χ2n) is 5.21. The van der Waals surface area contributed by atoms with Gasteiger partial charge < -0.3 is 5.32 Å². The van der Waals surface area contributed by atoms with Crippen LogP contribution < -0.4 is 10.0 Å². The van der Waals surface area contributed by atoms with Gasteiger partial charge in [0.15, 0.2) is 0 Å². The Morgan fingerprint density at radius 1 is 0.955 bits per heavy atom. The van der Waals surface area contributed by atoms with Crippen LogP contribution in [-0.2, 0) is 10.0 Å².